The maximum absolute atomic E-state index is 6.18. The fourth-order valence-corrected chi connectivity index (χ4v) is 3.35. The molecule has 1 aromatic carbocycles. The van der Waals surface area contributed by atoms with E-state index in [0.717, 1.165) is 61.1 Å². The number of hydrogen-bond donors (Lipinski definition) is 2. The molecule has 2 N–H and O–H groups in total. The lowest BCUT2D eigenvalue weighted by molar-refractivity contribution is 0.774. The number of nitrogens with one attached hydrogen (secondary N) is 2. The van der Waals surface area contributed by atoms with E-state index in [1.165, 1.54) is 5.01 Å². The molecular weight excluding hydrogens is 340 g/mol. The van der Waals surface area contributed by atoms with Crippen molar-refractivity contribution in [3.05, 3.63) is 50.9 Å². The molecule has 0 aliphatic heterocycles. The molecule has 0 saturated carbocycles. The molecule has 24 heavy (non-hydrogen) atoms. The van der Waals surface area contributed by atoms with E-state index in [4.69, 9.17) is 11.6 Å². The molecule has 0 aliphatic rings. The number of guanidine groups is 1. The lowest BCUT2D eigenvalue weighted by Gasteiger charge is -2.11. The molecular formula is C18H25ClN4S. The van der Waals surface area contributed by atoms with E-state index in [1.54, 1.807) is 11.3 Å². The van der Waals surface area contributed by atoms with Crippen LogP contribution in [0.5, 0.6) is 0 Å². The van der Waals surface area contributed by atoms with Crippen LogP contribution in [0.25, 0.3) is 0 Å². The molecule has 0 radical (unpaired) electrons. The van der Waals surface area contributed by atoms with Crippen molar-refractivity contribution in [1.29, 1.82) is 0 Å². The van der Waals surface area contributed by atoms with Gasteiger partial charge in [0.25, 0.3) is 0 Å². The third-order valence-corrected chi connectivity index (χ3v) is 4.87. The minimum absolute atomic E-state index is 0.792. The van der Waals surface area contributed by atoms with E-state index < -0.39 is 0 Å². The lowest BCUT2D eigenvalue weighted by atomic mass is 10.1. The Labute approximate surface area is 153 Å². The van der Waals surface area contributed by atoms with Crippen molar-refractivity contribution in [2.24, 2.45) is 4.99 Å². The van der Waals surface area contributed by atoms with Gasteiger partial charge in [0, 0.05) is 42.2 Å². The number of benzene rings is 1. The zero-order chi connectivity index (χ0) is 17.2. The second-order valence-electron chi connectivity index (χ2n) is 5.52. The van der Waals surface area contributed by atoms with Gasteiger partial charge in [-0.2, -0.15) is 0 Å². The molecule has 6 heteroatoms. The molecule has 0 bridgehead atoms. The minimum Gasteiger partial charge on any atom is -0.357 e. The smallest absolute Gasteiger partial charge is 0.191 e. The fourth-order valence-electron chi connectivity index (χ4n) is 2.30. The third-order valence-electron chi connectivity index (χ3n) is 3.47. The van der Waals surface area contributed by atoms with Crippen LogP contribution in [0.2, 0.25) is 5.02 Å². The maximum atomic E-state index is 6.18. The van der Waals surface area contributed by atoms with Crippen LogP contribution in [0.15, 0.2) is 34.6 Å². The van der Waals surface area contributed by atoms with Gasteiger partial charge in [0.2, 0.25) is 0 Å². The van der Waals surface area contributed by atoms with E-state index in [0.29, 0.717) is 0 Å². The predicted octanol–water partition coefficient (Wildman–Crippen LogP) is 3.84. The van der Waals surface area contributed by atoms with Crippen molar-refractivity contribution in [2.75, 3.05) is 19.6 Å². The van der Waals surface area contributed by atoms with Gasteiger partial charge < -0.3 is 10.6 Å². The first-order valence-electron chi connectivity index (χ1n) is 8.35. The van der Waals surface area contributed by atoms with Crippen LogP contribution in [0.4, 0.5) is 0 Å². The number of aromatic nitrogens is 1. The average molecular weight is 365 g/mol. The van der Waals surface area contributed by atoms with E-state index in [-0.39, 0.29) is 0 Å². The molecule has 0 unspecified atom stereocenters. The van der Waals surface area contributed by atoms with Gasteiger partial charge in [0.1, 0.15) is 0 Å². The molecule has 2 aromatic rings. The van der Waals surface area contributed by atoms with Gasteiger partial charge in [-0.3, -0.25) is 4.99 Å². The highest BCUT2D eigenvalue weighted by Gasteiger charge is 2.02. The monoisotopic (exact) mass is 364 g/mol. The molecule has 0 fully saturated rings. The first kappa shape index (κ1) is 18.7. The number of hydrogen-bond acceptors (Lipinski definition) is 3. The summed E-state index contributed by atoms with van der Waals surface area (Å²) in [6.07, 6.45) is 2.87. The highest BCUT2D eigenvalue weighted by molar-refractivity contribution is 7.09. The summed E-state index contributed by atoms with van der Waals surface area (Å²) in [5.41, 5.74) is 2.26. The Hall–Kier alpha value is -1.59. The Balaban J connectivity index is 1.74. The Morgan fingerprint density at radius 1 is 1.25 bits per heavy atom. The van der Waals surface area contributed by atoms with Crippen LogP contribution < -0.4 is 10.6 Å². The predicted molar refractivity (Wildman–Crippen MR) is 104 cm³/mol. The highest BCUT2D eigenvalue weighted by atomic mass is 35.5. The summed E-state index contributed by atoms with van der Waals surface area (Å²) in [5, 5.41) is 10.8. The number of aryl methyl sites for hydroxylation is 2. The van der Waals surface area contributed by atoms with Crippen molar-refractivity contribution in [1.82, 2.24) is 15.6 Å². The Kier molecular flexibility index (Phi) is 8.05. The van der Waals surface area contributed by atoms with E-state index in [2.05, 4.69) is 39.0 Å². The first-order valence-corrected chi connectivity index (χ1v) is 9.61. The van der Waals surface area contributed by atoms with Gasteiger partial charge in [0.15, 0.2) is 5.96 Å². The second-order valence-corrected chi connectivity index (χ2v) is 6.86. The molecule has 1 heterocycles. The molecule has 130 valence electrons. The molecule has 1 aromatic heterocycles. The van der Waals surface area contributed by atoms with Crippen molar-refractivity contribution in [3.63, 3.8) is 0 Å². The molecule has 0 aliphatic carbocycles. The first-order chi connectivity index (χ1) is 11.7. The van der Waals surface area contributed by atoms with Crippen LogP contribution >= 0.6 is 22.9 Å². The third kappa shape index (κ3) is 6.49. The van der Waals surface area contributed by atoms with Gasteiger partial charge in [-0.15, -0.1) is 11.3 Å². The Morgan fingerprint density at radius 2 is 2.08 bits per heavy atom. The largest absolute Gasteiger partial charge is 0.357 e. The van der Waals surface area contributed by atoms with Crippen LogP contribution in [-0.2, 0) is 12.8 Å². The van der Waals surface area contributed by atoms with Crippen LogP contribution in [0.3, 0.4) is 0 Å². The normalized spacial score (nSPS) is 11.5. The molecule has 4 nitrogen and oxygen atoms in total. The number of nitrogens with zero attached hydrogens (tertiary/aromatic N) is 2. The van der Waals surface area contributed by atoms with E-state index in [1.807, 2.05) is 25.1 Å². The second kappa shape index (κ2) is 10.3. The zero-order valence-corrected chi connectivity index (χ0v) is 15.9. The van der Waals surface area contributed by atoms with Crippen molar-refractivity contribution < 1.29 is 0 Å². The standard InChI is InChI=1S/C18H25ClN4S/c1-3-20-18(21-11-6-9-17-23-14(2)13-24-17)22-12-10-15-7-4-5-8-16(15)19/h4-5,7-8,13H,3,6,9-12H2,1-2H3,(H2,20,21,22). The topological polar surface area (TPSA) is 49.3 Å². The summed E-state index contributed by atoms with van der Waals surface area (Å²) < 4.78 is 0. The number of halogens is 1. The molecule has 0 saturated heterocycles. The van der Waals surface area contributed by atoms with Gasteiger partial charge in [0.05, 0.1) is 5.01 Å². The quantitative estimate of drug-likeness (QED) is 0.425. The summed E-state index contributed by atoms with van der Waals surface area (Å²) >= 11 is 7.91. The van der Waals surface area contributed by atoms with Crippen LogP contribution in [-0.4, -0.2) is 30.6 Å². The fraction of sp³-hybridized carbons (Fsp3) is 0.444. The average Bonchev–Trinajstić information content (AvgIpc) is 2.98. The summed E-state index contributed by atoms with van der Waals surface area (Å²) in [4.78, 5) is 9.11. The number of aliphatic imine (C=N–C) groups is 1. The lowest BCUT2D eigenvalue weighted by Crippen LogP contribution is -2.38. The zero-order valence-electron chi connectivity index (χ0n) is 14.3. The van der Waals surface area contributed by atoms with Crippen molar-refractivity contribution in [2.45, 2.75) is 33.1 Å². The molecule has 0 atom stereocenters. The van der Waals surface area contributed by atoms with E-state index in [9.17, 15) is 0 Å². The minimum atomic E-state index is 0.792. The van der Waals surface area contributed by atoms with E-state index >= 15 is 0 Å². The van der Waals surface area contributed by atoms with Gasteiger partial charge in [-0.25, -0.2) is 4.98 Å². The number of thiazole rings is 1. The van der Waals surface area contributed by atoms with Crippen LogP contribution in [0.1, 0.15) is 29.6 Å². The van der Waals surface area contributed by atoms with Crippen molar-refractivity contribution >= 4 is 28.9 Å². The van der Waals surface area contributed by atoms with Gasteiger partial charge in [-0.1, -0.05) is 29.8 Å². The van der Waals surface area contributed by atoms with Gasteiger partial charge in [-0.05, 0) is 38.3 Å². The number of rotatable bonds is 8. The molecule has 0 amide bonds. The maximum Gasteiger partial charge on any atom is 0.191 e. The summed E-state index contributed by atoms with van der Waals surface area (Å²) in [6.45, 7) is 6.55. The highest BCUT2D eigenvalue weighted by Crippen LogP contribution is 2.14. The molecule has 0 spiro atoms. The van der Waals surface area contributed by atoms with Crippen LogP contribution in [0, 0.1) is 6.92 Å². The molecule has 2 rings (SSSR count). The summed E-state index contributed by atoms with van der Waals surface area (Å²) in [7, 11) is 0. The Morgan fingerprint density at radius 3 is 2.79 bits per heavy atom. The summed E-state index contributed by atoms with van der Waals surface area (Å²) in [5.74, 6) is 0.861. The summed E-state index contributed by atoms with van der Waals surface area (Å²) in [6, 6.07) is 7.95. The van der Waals surface area contributed by atoms with Crippen molar-refractivity contribution in [3.8, 4) is 0 Å². The van der Waals surface area contributed by atoms with Gasteiger partial charge >= 0.3 is 0 Å². The Bertz CT molecular complexity index is 654. The SMILES string of the molecule is CCNC(=NCCCc1nc(C)cs1)NCCc1ccccc1Cl.